The first-order valence-corrected chi connectivity index (χ1v) is 39.1. The van der Waals surface area contributed by atoms with Gasteiger partial charge in [-0.25, -0.2) is 4.79 Å². The maximum absolute atomic E-state index is 13.4. The summed E-state index contributed by atoms with van der Waals surface area (Å²) in [4.78, 5) is 13.4. The van der Waals surface area contributed by atoms with Crippen molar-refractivity contribution >= 4 is 30.9 Å². The largest absolute Gasteiger partial charge is 0.497 e. The summed E-state index contributed by atoms with van der Waals surface area (Å²) in [5.41, 5.74) is 1.89. The molecule has 0 radical (unpaired) electrons. The highest BCUT2D eigenvalue weighted by Crippen LogP contribution is 2.43. The highest BCUT2D eigenvalue weighted by Gasteiger charge is 2.52. The monoisotopic (exact) mass is 1200 g/mol. The molecule has 2 aromatic carbocycles. The lowest BCUT2D eigenvalue weighted by atomic mass is 9.93. The molecule has 82 heavy (non-hydrogen) atoms. The summed E-state index contributed by atoms with van der Waals surface area (Å²) in [5, 5.41) is 11.9. The Morgan fingerprint density at radius 2 is 1.22 bits per heavy atom. The molecule has 2 fully saturated rings. The molecule has 0 aliphatic carbocycles. The van der Waals surface area contributed by atoms with Gasteiger partial charge in [-0.3, -0.25) is 0 Å². The van der Waals surface area contributed by atoms with Crippen LogP contribution >= 0.6 is 0 Å². The minimum atomic E-state index is -2.37. The van der Waals surface area contributed by atoms with Gasteiger partial charge in [0.05, 0.1) is 58.5 Å². The van der Waals surface area contributed by atoms with Crippen LogP contribution in [0.15, 0.2) is 48.5 Å². The van der Waals surface area contributed by atoms with Crippen molar-refractivity contribution in [2.45, 2.75) is 282 Å². The van der Waals surface area contributed by atoms with Gasteiger partial charge in [0, 0.05) is 31.8 Å². The smallest absolute Gasteiger partial charge is 0.338 e. The summed E-state index contributed by atoms with van der Waals surface area (Å²) in [6.45, 7) is 43.4. The summed E-state index contributed by atoms with van der Waals surface area (Å²) >= 11 is 0. The molecule has 2 saturated heterocycles. The molecule has 2 heterocycles. The number of hydrogen-bond donors (Lipinski definition) is 1. The van der Waals surface area contributed by atoms with E-state index in [1.165, 1.54) is 0 Å². The second-order valence-corrected chi connectivity index (χ2v) is 42.3. The van der Waals surface area contributed by atoms with Gasteiger partial charge in [0.15, 0.2) is 36.8 Å². The van der Waals surface area contributed by atoms with Crippen LogP contribution in [0.25, 0.3) is 0 Å². The molecule has 1 N–H and O–H groups in total. The van der Waals surface area contributed by atoms with Crippen LogP contribution in [0.3, 0.4) is 0 Å². The molecule has 14 nitrogen and oxygen atoms in total. The molecule has 1 unspecified atom stereocenters. The van der Waals surface area contributed by atoms with E-state index in [2.05, 4.69) is 120 Å². The maximum Gasteiger partial charge on any atom is 0.338 e. The average molecular weight is 1200 g/mol. The van der Waals surface area contributed by atoms with Gasteiger partial charge in [0.25, 0.3) is 0 Å². The SMILES string of the molecule is CCOC(=O)[C@@H]1OC(C)(C)O[C@@H]1[C@@H](OCc1ccc(OC)cc1)[C@H](CCC(O)C#C[C@H](C)[C@@H](C[C@H](C[C@@H](C[C@@H]1CCC[C@H](CCO[Si](C)(C)C(C)(C)C)O1)O[Si](C)(C)C(C)(C)C)O[Si](C)(C)C(C)(C)C)OCc1ccc(OC)cc1)OC. The van der Waals surface area contributed by atoms with Gasteiger partial charge < -0.3 is 61.0 Å². The van der Waals surface area contributed by atoms with E-state index in [-0.39, 0.29) is 71.2 Å². The van der Waals surface area contributed by atoms with Crippen molar-refractivity contribution in [1.82, 2.24) is 0 Å². The molecule has 4 rings (SSSR count). The number of aliphatic hydroxyl groups excluding tert-OH is 1. The topological polar surface area (TPSA) is 148 Å². The Labute approximate surface area is 500 Å². The molecular weight excluding hydrogens is 1090 g/mol. The predicted octanol–water partition coefficient (Wildman–Crippen LogP) is 14.4. The van der Waals surface area contributed by atoms with E-state index in [0.29, 0.717) is 32.5 Å². The van der Waals surface area contributed by atoms with Crippen LogP contribution in [0, 0.1) is 17.8 Å². The highest BCUT2D eigenvalue weighted by atomic mass is 28.4. The highest BCUT2D eigenvalue weighted by molar-refractivity contribution is 6.75. The number of methoxy groups -OCH3 is 3. The van der Waals surface area contributed by atoms with Crippen molar-refractivity contribution in [2.24, 2.45) is 5.92 Å². The van der Waals surface area contributed by atoms with E-state index in [9.17, 15) is 9.90 Å². The Kier molecular flexibility index (Phi) is 27.4. The normalized spacial score (nSPS) is 21.8. The molecule has 0 amide bonds. The summed E-state index contributed by atoms with van der Waals surface area (Å²) in [6.07, 6.45) is 1.70. The number of benzene rings is 2. The molecule has 2 aliphatic rings. The zero-order chi connectivity index (χ0) is 61.5. The van der Waals surface area contributed by atoms with Crippen LogP contribution in [0.4, 0.5) is 0 Å². The lowest BCUT2D eigenvalue weighted by Gasteiger charge is -2.44. The van der Waals surface area contributed by atoms with Gasteiger partial charge in [-0.15, -0.1) is 0 Å². The minimum Gasteiger partial charge on any atom is -0.497 e. The molecule has 11 atom stereocenters. The number of esters is 1. The minimum absolute atomic E-state index is 0.0117. The zero-order valence-electron chi connectivity index (χ0n) is 54.9. The maximum atomic E-state index is 13.4. The summed E-state index contributed by atoms with van der Waals surface area (Å²) in [6, 6.07) is 15.5. The van der Waals surface area contributed by atoms with Crippen LogP contribution in [0.1, 0.15) is 159 Å². The number of hydrogen-bond acceptors (Lipinski definition) is 14. The van der Waals surface area contributed by atoms with E-state index in [4.69, 9.17) is 55.9 Å². The molecule has 0 bridgehead atoms. The number of carbonyl (C=O) groups excluding carboxylic acids is 1. The van der Waals surface area contributed by atoms with Crippen molar-refractivity contribution < 1.29 is 65.8 Å². The number of aliphatic hydroxyl groups is 1. The third-order valence-corrected chi connectivity index (χ3v) is 31.5. The van der Waals surface area contributed by atoms with Crippen molar-refractivity contribution in [3.05, 3.63) is 59.7 Å². The Balaban J connectivity index is 1.66. The molecule has 2 aromatic rings. The molecular formula is C65H112O14Si3. The standard InChI is InChI=1S/C65H112O14Si3/c1-23-71-61(67)60-59(76-65(12,13)77-60)58(73-45-48-30-36-51(69-15)37-31-48)56(70-16)38-33-49(66)32-27-46(2)57(72-44-47-28-34-50(68-14)35-29-47)43-55(79-82(21,22)64(9,10)11)42-54(78-81(19,20)63(6,7)8)41-53-26-24-25-52(75-53)39-40-74-80(17,18)62(3,4)5/h28-31,34-37,46,49,52-60,66H,23-26,33,38-45H2,1-22H3/t46-,49?,52+,53-,54+,55-,56-,57+,58-,59+,60+/m0/s1. The Bertz CT molecular complexity index is 2260. The van der Waals surface area contributed by atoms with Crippen LogP contribution < -0.4 is 9.47 Å². The van der Waals surface area contributed by atoms with Crippen LogP contribution in [-0.4, -0.2) is 137 Å². The van der Waals surface area contributed by atoms with Crippen LogP contribution in [0.2, 0.25) is 54.4 Å². The van der Waals surface area contributed by atoms with E-state index in [1.807, 2.05) is 48.5 Å². The van der Waals surface area contributed by atoms with E-state index < -0.39 is 67.2 Å². The second kappa shape index (κ2) is 31.3. The first-order valence-electron chi connectivity index (χ1n) is 30.4. The quantitative estimate of drug-likeness (QED) is 0.0434. The van der Waals surface area contributed by atoms with Gasteiger partial charge in [-0.1, -0.05) is 98.4 Å². The molecule has 17 heteroatoms. The first kappa shape index (κ1) is 71.8. The Morgan fingerprint density at radius 3 is 1.73 bits per heavy atom. The molecule has 468 valence electrons. The average Bonchev–Trinajstić information content (AvgIpc) is 3.95. The van der Waals surface area contributed by atoms with Gasteiger partial charge in [0.1, 0.15) is 29.8 Å². The van der Waals surface area contributed by atoms with Crippen LogP contribution in [-0.2, 0) is 64.4 Å². The Morgan fingerprint density at radius 1 is 0.695 bits per heavy atom. The molecule has 0 saturated carbocycles. The summed E-state index contributed by atoms with van der Waals surface area (Å²) in [7, 11) is -1.66. The molecule has 0 spiro atoms. The van der Waals surface area contributed by atoms with Gasteiger partial charge in [-0.05, 0) is 175 Å². The molecule has 2 aliphatic heterocycles. The predicted molar refractivity (Wildman–Crippen MR) is 335 cm³/mol. The van der Waals surface area contributed by atoms with E-state index >= 15 is 0 Å². The van der Waals surface area contributed by atoms with Gasteiger partial charge in [0.2, 0.25) is 0 Å². The van der Waals surface area contributed by atoms with E-state index in [1.54, 1.807) is 42.1 Å². The lowest BCUT2D eigenvalue weighted by Crippen LogP contribution is -2.49. The third-order valence-electron chi connectivity index (χ3n) is 17.9. The fourth-order valence-electron chi connectivity index (χ4n) is 9.68. The van der Waals surface area contributed by atoms with Gasteiger partial charge >= 0.3 is 5.97 Å². The lowest BCUT2D eigenvalue weighted by molar-refractivity contribution is -0.177. The van der Waals surface area contributed by atoms with E-state index in [0.717, 1.165) is 54.7 Å². The van der Waals surface area contributed by atoms with Crippen molar-refractivity contribution in [2.75, 3.05) is 34.5 Å². The third kappa shape index (κ3) is 22.2. The summed E-state index contributed by atoms with van der Waals surface area (Å²) < 4.78 is 77.3. The van der Waals surface area contributed by atoms with Crippen molar-refractivity contribution in [3.63, 3.8) is 0 Å². The van der Waals surface area contributed by atoms with Gasteiger partial charge in [-0.2, -0.15) is 0 Å². The first-order chi connectivity index (χ1) is 38.0. The van der Waals surface area contributed by atoms with Crippen molar-refractivity contribution in [3.8, 4) is 23.3 Å². The number of carbonyl (C=O) groups is 1. The molecule has 0 aromatic heterocycles. The number of rotatable bonds is 31. The zero-order valence-corrected chi connectivity index (χ0v) is 57.9. The van der Waals surface area contributed by atoms with Crippen LogP contribution in [0.5, 0.6) is 11.5 Å². The fourth-order valence-corrected chi connectivity index (χ4v) is 13.5. The fraction of sp³-hybridized carbons (Fsp3) is 0.769. The summed E-state index contributed by atoms with van der Waals surface area (Å²) in [5.74, 6) is 6.19. The van der Waals surface area contributed by atoms with Crippen molar-refractivity contribution in [1.29, 1.82) is 0 Å². The second-order valence-electron chi connectivity index (χ2n) is 28.0. The number of ether oxygens (including phenoxy) is 9. The Hall–Kier alpha value is -2.68.